The van der Waals surface area contributed by atoms with Crippen molar-refractivity contribution in [1.29, 1.82) is 0 Å². The van der Waals surface area contributed by atoms with Gasteiger partial charge in [0.05, 0.1) is 10.6 Å². The highest BCUT2D eigenvalue weighted by molar-refractivity contribution is 6.04. The Morgan fingerprint density at radius 1 is 1.09 bits per heavy atom. The third-order valence-corrected chi connectivity index (χ3v) is 3.08. The lowest BCUT2D eigenvalue weighted by Gasteiger charge is -2.06. The fraction of sp³-hybridized carbons (Fsp3) is 0. The van der Waals surface area contributed by atoms with Gasteiger partial charge in [-0.25, -0.2) is 4.68 Å². The molecule has 2 aromatic carbocycles. The number of benzene rings is 2. The van der Waals surface area contributed by atoms with Crippen LogP contribution in [0.1, 0.15) is 10.4 Å². The Morgan fingerprint density at radius 2 is 1.78 bits per heavy atom. The maximum atomic E-state index is 12.1. The predicted octanol–water partition coefficient (Wildman–Crippen LogP) is 1.82. The van der Waals surface area contributed by atoms with Crippen molar-refractivity contribution in [3.8, 4) is 5.69 Å². The average molecular weight is 310 g/mol. The number of nitrogens with one attached hydrogen (secondary N) is 1. The molecule has 0 aliphatic rings. The first-order valence-corrected chi connectivity index (χ1v) is 6.53. The number of anilines is 1. The van der Waals surface area contributed by atoms with Crippen molar-refractivity contribution in [2.45, 2.75) is 0 Å². The third-order valence-electron chi connectivity index (χ3n) is 3.08. The molecule has 0 saturated carbocycles. The molecule has 3 rings (SSSR count). The Morgan fingerprint density at radius 3 is 2.35 bits per heavy atom. The van der Waals surface area contributed by atoms with Gasteiger partial charge in [-0.3, -0.25) is 14.9 Å². The topological polar surface area (TPSA) is 116 Å². The second-order valence-electron chi connectivity index (χ2n) is 4.56. The fourth-order valence-electron chi connectivity index (χ4n) is 1.91. The molecule has 1 N–H and O–H groups in total. The van der Waals surface area contributed by atoms with Crippen molar-refractivity contribution in [3.63, 3.8) is 0 Å². The summed E-state index contributed by atoms with van der Waals surface area (Å²) in [5.41, 5.74) is 1.61. The zero-order valence-electron chi connectivity index (χ0n) is 11.7. The first kappa shape index (κ1) is 14.3. The number of rotatable bonds is 4. The monoisotopic (exact) mass is 310 g/mol. The molecule has 1 amide bonds. The van der Waals surface area contributed by atoms with Gasteiger partial charge in [0, 0.05) is 23.4 Å². The number of nitrogens with zero attached hydrogens (tertiary/aromatic N) is 5. The maximum Gasteiger partial charge on any atom is 0.269 e. The van der Waals surface area contributed by atoms with E-state index < -0.39 is 4.92 Å². The summed E-state index contributed by atoms with van der Waals surface area (Å²) in [5.74, 6) is -0.352. The molecule has 0 fully saturated rings. The Labute approximate surface area is 129 Å². The van der Waals surface area contributed by atoms with Crippen LogP contribution >= 0.6 is 0 Å². The van der Waals surface area contributed by atoms with E-state index in [4.69, 9.17) is 0 Å². The number of carbonyl (C=O) groups excluding carboxylic acids is 1. The molecule has 0 saturated heterocycles. The van der Waals surface area contributed by atoms with Gasteiger partial charge in [-0.1, -0.05) is 0 Å². The Hall–Kier alpha value is -3.62. The van der Waals surface area contributed by atoms with Crippen molar-refractivity contribution in [2.75, 3.05) is 5.32 Å². The summed E-state index contributed by atoms with van der Waals surface area (Å²) in [6, 6.07) is 12.3. The van der Waals surface area contributed by atoms with Crippen LogP contribution < -0.4 is 5.32 Å². The fourth-order valence-corrected chi connectivity index (χ4v) is 1.91. The molecule has 0 atom stereocenters. The van der Waals surface area contributed by atoms with Crippen molar-refractivity contribution in [3.05, 3.63) is 70.5 Å². The van der Waals surface area contributed by atoms with Gasteiger partial charge in [0.15, 0.2) is 0 Å². The average Bonchev–Trinajstić information content (AvgIpc) is 3.10. The molecular formula is C14H10N6O3. The molecule has 0 radical (unpaired) electrons. The SMILES string of the molecule is O=C(Nc1ccc(-n2cnnn2)cc1)c1ccc([N+](=O)[O-])cc1. The first-order chi connectivity index (χ1) is 11.1. The minimum absolute atomic E-state index is 0.0626. The minimum atomic E-state index is -0.514. The molecule has 114 valence electrons. The van der Waals surface area contributed by atoms with E-state index in [9.17, 15) is 14.9 Å². The van der Waals surface area contributed by atoms with E-state index in [1.807, 2.05) is 0 Å². The molecule has 0 unspecified atom stereocenters. The van der Waals surface area contributed by atoms with Gasteiger partial charge in [0.1, 0.15) is 6.33 Å². The Kier molecular flexibility index (Phi) is 3.75. The zero-order valence-corrected chi connectivity index (χ0v) is 11.7. The number of tetrazole rings is 1. The van der Waals surface area contributed by atoms with Gasteiger partial charge in [-0.05, 0) is 46.8 Å². The Bertz CT molecular complexity index is 828. The standard InChI is InChI=1S/C14H10N6O3/c21-14(10-1-5-13(6-2-10)20(22)23)16-11-3-7-12(8-4-11)19-9-15-17-18-19/h1-9H,(H,16,21). The van der Waals surface area contributed by atoms with Crippen LogP contribution in [0.4, 0.5) is 11.4 Å². The smallest absolute Gasteiger partial charge is 0.269 e. The van der Waals surface area contributed by atoms with E-state index in [-0.39, 0.29) is 11.6 Å². The van der Waals surface area contributed by atoms with Crippen LogP contribution in [-0.2, 0) is 0 Å². The number of hydrogen-bond acceptors (Lipinski definition) is 6. The molecule has 9 heteroatoms. The van der Waals surface area contributed by atoms with Crippen molar-refractivity contribution < 1.29 is 9.72 Å². The van der Waals surface area contributed by atoms with Gasteiger partial charge in [0.2, 0.25) is 0 Å². The molecule has 9 nitrogen and oxygen atoms in total. The molecule has 0 aliphatic heterocycles. The molecule has 0 spiro atoms. The van der Waals surface area contributed by atoms with Gasteiger partial charge in [-0.15, -0.1) is 5.10 Å². The summed E-state index contributed by atoms with van der Waals surface area (Å²) in [4.78, 5) is 22.2. The highest BCUT2D eigenvalue weighted by Gasteiger charge is 2.09. The number of nitro groups is 1. The van der Waals surface area contributed by atoms with Gasteiger partial charge < -0.3 is 5.32 Å². The summed E-state index contributed by atoms with van der Waals surface area (Å²) in [5, 5.41) is 24.1. The van der Waals surface area contributed by atoms with E-state index in [0.29, 0.717) is 11.3 Å². The molecule has 0 aliphatic carbocycles. The van der Waals surface area contributed by atoms with Gasteiger partial charge in [-0.2, -0.15) is 0 Å². The van der Waals surface area contributed by atoms with E-state index in [0.717, 1.165) is 5.69 Å². The number of hydrogen-bond donors (Lipinski definition) is 1. The van der Waals surface area contributed by atoms with Crippen molar-refractivity contribution in [1.82, 2.24) is 20.2 Å². The maximum absolute atomic E-state index is 12.1. The number of aromatic nitrogens is 4. The number of carbonyl (C=O) groups is 1. The summed E-state index contributed by atoms with van der Waals surface area (Å²) < 4.78 is 1.49. The van der Waals surface area contributed by atoms with Crippen molar-refractivity contribution >= 4 is 17.3 Å². The zero-order chi connectivity index (χ0) is 16.2. The normalized spacial score (nSPS) is 10.3. The quantitative estimate of drug-likeness (QED) is 0.580. The second kappa shape index (κ2) is 6.02. The van der Waals surface area contributed by atoms with E-state index in [1.54, 1.807) is 24.3 Å². The van der Waals surface area contributed by atoms with Crippen LogP contribution in [0.25, 0.3) is 5.69 Å². The minimum Gasteiger partial charge on any atom is -0.322 e. The van der Waals surface area contributed by atoms with Crippen LogP contribution in [0.15, 0.2) is 54.9 Å². The van der Waals surface area contributed by atoms with Crippen molar-refractivity contribution in [2.24, 2.45) is 0 Å². The summed E-state index contributed by atoms with van der Waals surface area (Å²) in [6.45, 7) is 0. The third kappa shape index (κ3) is 3.18. The van der Waals surface area contributed by atoms with Gasteiger partial charge >= 0.3 is 0 Å². The predicted molar refractivity (Wildman–Crippen MR) is 80.2 cm³/mol. The lowest BCUT2D eigenvalue weighted by atomic mass is 10.2. The lowest BCUT2D eigenvalue weighted by Crippen LogP contribution is -2.11. The Balaban J connectivity index is 1.71. The summed E-state index contributed by atoms with van der Waals surface area (Å²) >= 11 is 0. The summed E-state index contributed by atoms with van der Waals surface area (Å²) in [6.07, 6.45) is 1.46. The molecule has 3 aromatic rings. The van der Waals surface area contributed by atoms with Crippen LogP contribution in [0, 0.1) is 10.1 Å². The number of nitro benzene ring substituents is 1. The number of non-ortho nitro benzene ring substituents is 1. The second-order valence-corrected chi connectivity index (χ2v) is 4.56. The van der Waals surface area contributed by atoms with Crippen LogP contribution in [0.5, 0.6) is 0 Å². The molecule has 0 bridgehead atoms. The number of amides is 1. The summed E-state index contributed by atoms with van der Waals surface area (Å²) in [7, 11) is 0. The highest BCUT2D eigenvalue weighted by atomic mass is 16.6. The molecule has 1 aromatic heterocycles. The molecular weight excluding hydrogens is 300 g/mol. The van der Waals surface area contributed by atoms with Crippen LogP contribution in [-0.4, -0.2) is 31.0 Å². The van der Waals surface area contributed by atoms with Crippen LogP contribution in [0.3, 0.4) is 0 Å². The van der Waals surface area contributed by atoms with E-state index in [2.05, 4.69) is 20.8 Å². The van der Waals surface area contributed by atoms with Crippen LogP contribution in [0.2, 0.25) is 0 Å². The van der Waals surface area contributed by atoms with E-state index >= 15 is 0 Å². The van der Waals surface area contributed by atoms with Gasteiger partial charge in [0.25, 0.3) is 11.6 Å². The molecule has 1 heterocycles. The van der Waals surface area contributed by atoms with E-state index in [1.165, 1.54) is 35.3 Å². The first-order valence-electron chi connectivity index (χ1n) is 6.53. The highest BCUT2D eigenvalue weighted by Crippen LogP contribution is 2.15. The lowest BCUT2D eigenvalue weighted by molar-refractivity contribution is -0.384. The molecule has 23 heavy (non-hydrogen) atoms. The largest absolute Gasteiger partial charge is 0.322 e.